The van der Waals surface area contributed by atoms with E-state index in [0.29, 0.717) is 0 Å². The summed E-state index contributed by atoms with van der Waals surface area (Å²) in [4.78, 5) is 52.7. The molecule has 2 N–H and O–H groups in total. The van der Waals surface area contributed by atoms with E-state index in [-0.39, 0.29) is 58.6 Å². The van der Waals surface area contributed by atoms with Gasteiger partial charge in [0.25, 0.3) is 0 Å². The average molecular weight is 711 g/mol. The van der Waals surface area contributed by atoms with E-state index in [1.807, 2.05) is 44.2 Å². The van der Waals surface area contributed by atoms with Gasteiger partial charge in [0.05, 0.1) is 36.1 Å². The van der Waals surface area contributed by atoms with Crippen molar-refractivity contribution in [3.63, 3.8) is 0 Å². The molecule has 8 rings (SSSR count). The van der Waals surface area contributed by atoms with E-state index < -0.39 is 0 Å². The molecule has 2 bridgehead atoms. The van der Waals surface area contributed by atoms with Gasteiger partial charge in [0.15, 0.2) is 0 Å². The standard InChI is InChI=1S/C42H62N8O2/c1-27(2)35(47(5)6)39(51)49-23-9-11-32(49)37-43-25-31(45-37)29-13-15-30(16-14-29)41-17-20-42(21-18-41,22-19-41)34-26-44-38(46-34)33-12-10-24-50(33)40(52)36(28(3)4)48(7)8/h13-16,25-28,32-33,35-36H,9-12,17-24H2,1-8H3,(H,43,45)(H,44,46)/t32-,33-,35+,36+,41?,42?/m0/s1. The van der Waals surface area contributed by atoms with Crippen LogP contribution in [-0.2, 0) is 20.4 Å². The topological polar surface area (TPSA) is 104 Å². The number of likely N-dealkylation sites (N-methyl/N-ethyl adjacent to an activating group) is 2. The number of fused-ring (bicyclic) bond motifs is 3. The minimum atomic E-state index is -0.130. The Morgan fingerprint density at radius 1 is 0.692 bits per heavy atom. The van der Waals surface area contributed by atoms with Crippen LogP contribution >= 0.6 is 0 Å². The second kappa shape index (κ2) is 14.4. The van der Waals surface area contributed by atoms with Crippen molar-refractivity contribution in [1.82, 2.24) is 39.5 Å². The van der Waals surface area contributed by atoms with Crippen molar-refractivity contribution in [3.8, 4) is 11.3 Å². The Labute approximate surface area is 311 Å². The second-order valence-electron chi connectivity index (χ2n) is 17.7. The molecule has 2 saturated heterocycles. The predicted octanol–water partition coefficient (Wildman–Crippen LogP) is 6.84. The molecular weight excluding hydrogens is 649 g/mol. The Bertz CT molecular complexity index is 1680. The molecule has 0 unspecified atom stereocenters. The minimum absolute atomic E-state index is 0.00351. The normalized spacial score (nSPS) is 27.5. The van der Waals surface area contributed by atoms with E-state index in [4.69, 9.17) is 9.97 Å². The lowest BCUT2D eigenvalue weighted by atomic mass is 9.51. The molecule has 5 fully saturated rings. The highest BCUT2D eigenvalue weighted by Gasteiger charge is 2.51. The first kappa shape index (κ1) is 36.8. The number of carbonyl (C=O) groups is 2. The summed E-state index contributed by atoms with van der Waals surface area (Å²) >= 11 is 0. The molecular formula is C42H62N8O2. The van der Waals surface area contributed by atoms with Gasteiger partial charge in [-0.15, -0.1) is 0 Å². The zero-order valence-corrected chi connectivity index (χ0v) is 32.9. The van der Waals surface area contributed by atoms with Crippen molar-refractivity contribution < 1.29 is 9.59 Å². The highest BCUT2D eigenvalue weighted by atomic mass is 16.2. The second-order valence-corrected chi connectivity index (χ2v) is 17.7. The van der Waals surface area contributed by atoms with Gasteiger partial charge in [-0.3, -0.25) is 19.4 Å². The molecule has 4 atom stereocenters. The highest BCUT2D eigenvalue weighted by Crippen LogP contribution is 2.58. The van der Waals surface area contributed by atoms with Crippen LogP contribution < -0.4 is 0 Å². The van der Waals surface area contributed by atoms with Crippen LogP contribution in [0.25, 0.3) is 11.3 Å². The van der Waals surface area contributed by atoms with Gasteiger partial charge in [-0.1, -0.05) is 52.0 Å². The van der Waals surface area contributed by atoms with Crippen LogP contribution in [0.4, 0.5) is 0 Å². The fourth-order valence-corrected chi connectivity index (χ4v) is 10.6. The SMILES string of the molecule is CC(C)[C@H](C(=O)N1CCC[C@H]1c1ncc(-c2ccc(C34CCC(c5cnc([C@@H]6CCCN6C(=O)[C@@H](C(C)C)N(C)C)[nH]5)(CC3)CC4)cc2)[nH]1)N(C)C. The Hall–Kier alpha value is -3.50. The molecule has 10 heteroatoms. The van der Waals surface area contributed by atoms with Gasteiger partial charge in [0.1, 0.15) is 11.6 Å². The average Bonchev–Trinajstić information content (AvgIpc) is 3.95. The number of benzene rings is 1. The van der Waals surface area contributed by atoms with Gasteiger partial charge >= 0.3 is 0 Å². The first-order valence-corrected chi connectivity index (χ1v) is 20.0. The van der Waals surface area contributed by atoms with Crippen LogP contribution in [-0.4, -0.2) is 105 Å². The van der Waals surface area contributed by atoms with Crippen molar-refractivity contribution in [2.75, 3.05) is 41.3 Å². The number of rotatable bonds is 11. The van der Waals surface area contributed by atoms with Gasteiger partial charge in [-0.25, -0.2) is 9.97 Å². The number of nitrogens with one attached hydrogen (secondary N) is 2. The molecule has 3 aliphatic carbocycles. The maximum Gasteiger partial charge on any atom is 0.240 e. The van der Waals surface area contributed by atoms with E-state index in [1.54, 1.807) is 0 Å². The largest absolute Gasteiger partial charge is 0.344 e. The molecule has 282 valence electrons. The number of imidazole rings is 2. The van der Waals surface area contributed by atoms with Crippen molar-refractivity contribution in [3.05, 3.63) is 59.6 Å². The van der Waals surface area contributed by atoms with Crippen LogP contribution in [0.1, 0.15) is 127 Å². The molecule has 4 heterocycles. The molecule has 52 heavy (non-hydrogen) atoms. The Morgan fingerprint density at radius 3 is 1.63 bits per heavy atom. The molecule has 2 amide bonds. The van der Waals surface area contributed by atoms with Crippen molar-refractivity contribution in [2.24, 2.45) is 11.8 Å². The predicted molar refractivity (Wildman–Crippen MR) is 206 cm³/mol. The van der Waals surface area contributed by atoms with E-state index in [0.717, 1.165) is 80.9 Å². The van der Waals surface area contributed by atoms with E-state index in [2.05, 4.69) is 77.9 Å². The van der Waals surface area contributed by atoms with Gasteiger partial charge < -0.3 is 19.8 Å². The summed E-state index contributed by atoms with van der Waals surface area (Å²) in [6.45, 7) is 10.1. The maximum absolute atomic E-state index is 13.7. The summed E-state index contributed by atoms with van der Waals surface area (Å²) in [5.74, 6) is 2.79. The number of H-pyrrole nitrogens is 2. The quantitative estimate of drug-likeness (QED) is 0.226. The maximum atomic E-state index is 13.7. The molecule has 3 saturated carbocycles. The molecule has 2 aromatic heterocycles. The van der Waals surface area contributed by atoms with Gasteiger partial charge in [0.2, 0.25) is 11.8 Å². The number of aromatic nitrogens is 4. The summed E-state index contributed by atoms with van der Waals surface area (Å²) in [5, 5.41) is 0. The van der Waals surface area contributed by atoms with Crippen LogP contribution in [0.3, 0.4) is 0 Å². The van der Waals surface area contributed by atoms with Crippen molar-refractivity contribution in [1.29, 1.82) is 0 Å². The van der Waals surface area contributed by atoms with Crippen LogP contribution in [0.15, 0.2) is 36.7 Å². The third-order valence-corrected chi connectivity index (χ3v) is 13.4. The third kappa shape index (κ3) is 6.52. The van der Waals surface area contributed by atoms with E-state index >= 15 is 0 Å². The summed E-state index contributed by atoms with van der Waals surface area (Å²) in [6, 6.07) is 9.00. The van der Waals surface area contributed by atoms with Crippen molar-refractivity contribution in [2.45, 2.75) is 127 Å². The van der Waals surface area contributed by atoms with Gasteiger partial charge in [0, 0.05) is 30.4 Å². The number of nitrogens with zero attached hydrogens (tertiary/aromatic N) is 6. The highest BCUT2D eigenvalue weighted by molar-refractivity contribution is 5.83. The van der Waals surface area contributed by atoms with Crippen LogP contribution in [0, 0.1) is 11.8 Å². The number of carbonyl (C=O) groups excluding carboxylic acids is 2. The smallest absolute Gasteiger partial charge is 0.240 e. The Morgan fingerprint density at radius 2 is 1.15 bits per heavy atom. The first-order chi connectivity index (χ1) is 24.8. The monoisotopic (exact) mass is 710 g/mol. The third-order valence-electron chi connectivity index (χ3n) is 13.4. The lowest BCUT2D eigenvalue weighted by molar-refractivity contribution is -0.139. The number of likely N-dealkylation sites (tertiary alicyclic amines) is 2. The van der Waals surface area contributed by atoms with Crippen LogP contribution in [0.5, 0.6) is 0 Å². The molecule has 0 radical (unpaired) electrons. The molecule has 0 spiro atoms. The summed E-state index contributed by atoms with van der Waals surface area (Å²) in [6.07, 6.45) is 15.0. The molecule has 1 aromatic carbocycles. The van der Waals surface area contributed by atoms with Gasteiger partial charge in [-0.2, -0.15) is 0 Å². The Balaban J connectivity index is 1.01. The zero-order valence-electron chi connectivity index (χ0n) is 32.9. The van der Waals surface area contributed by atoms with E-state index in [1.165, 1.54) is 30.5 Å². The molecule has 2 aliphatic heterocycles. The molecule has 3 aromatic rings. The first-order valence-electron chi connectivity index (χ1n) is 20.0. The lowest BCUT2D eigenvalue weighted by Crippen LogP contribution is -2.48. The van der Waals surface area contributed by atoms with Gasteiger partial charge in [-0.05, 0) is 121 Å². The summed E-state index contributed by atoms with van der Waals surface area (Å²) in [7, 11) is 8.02. The number of amides is 2. The fourth-order valence-electron chi connectivity index (χ4n) is 10.6. The summed E-state index contributed by atoms with van der Waals surface area (Å²) < 4.78 is 0. The summed E-state index contributed by atoms with van der Waals surface area (Å²) in [5.41, 5.74) is 5.24. The fraction of sp³-hybridized carbons (Fsp3) is 0.667. The number of hydrogen-bond acceptors (Lipinski definition) is 6. The zero-order chi connectivity index (χ0) is 36.9. The van der Waals surface area contributed by atoms with E-state index in [9.17, 15) is 9.59 Å². The number of aromatic amines is 2. The number of hydrogen-bond donors (Lipinski definition) is 2. The molecule has 5 aliphatic rings. The lowest BCUT2D eigenvalue weighted by Gasteiger charge is -2.53. The molecule has 10 nitrogen and oxygen atoms in total. The Kier molecular flexibility index (Phi) is 10.2. The minimum Gasteiger partial charge on any atom is -0.344 e. The van der Waals surface area contributed by atoms with Crippen LogP contribution in [0.2, 0.25) is 0 Å². The van der Waals surface area contributed by atoms with Crippen molar-refractivity contribution >= 4 is 11.8 Å².